The maximum Gasteiger partial charge on any atom is 0.137 e. The highest BCUT2D eigenvalue weighted by atomic mass is 16.5. The molecular formula is C12H11O5-. The van der Waals surface area contributed by atoms with Gasteiger partial charge in [-0.3, -0.25) is 0 Å². The molecule has 0 aliphatic carbocycles. The van der Waals surface area contributed by atoms with Crippen molar-refractivity contribution in [3.05, 3.63) is 30.0 Å². The number of aliphatic hydroxyl groups is 1. The van der Waals surface area contributed by atoms with E-state index in [9.17, 15) is 9.90 Å². The smallest absolute Gasteiger partial charge is 0.137 e. The van der Waals surface area contributed by atoms with Crippen molar-refractivity contribution in [3.8, 4) is 5.75 Å². The minimum absolute atomic E-state index is 0.0531. The van der Waals surface area contributed by atoms with E-state index in [0.29, 0.717) is 17.8 Å². The summed E-state index contributed by atoms with van der Waals surface area (Å²) < 4.78 is 10.3. The number of rotatable bonds is 5. The van der Waals surface area contributed by atoms with Gasteiger partial charge in [0.15, 0.2) is 0 Å². The minimum Gasteiger partial charge on any atom is -0.546 e. The van der Waals surface area contributed by atoms with Gasteiger partial charge in [0.2, 0.25) is 0 Å². The lowest BCUT2D eigenvalue weighted by Gasteiger charge is -2.06. The van der Waals surface area contributed by atoms with Crippen molar-refractivity contribution in [2.45, 2.75) is 6.42 Å². The van der Waals surface area contributed by atoms with Crippen molar-refractivity contribution < 1.29 is 24.2 Å². The molecule has 1 heterocycles. The van der Waals surface area contributed by atoms with E-state index in [1.165, 1.54) is 0 Å². The SMILES string of the molecule is O=C([O-])COc1ccc2c(CCO)coc2c1. The first-order chi connectivity index (χ1) is 8.20. The lowest BCUT2D eigenvalue weighted by molar-refractivity contribution is -0.307. The van der Waals surface area contributed by atoms with Gasteiger partial charge in [-0.2, -0.15) is 0 Å². The summed E-state index contributed by atoms with van der Waals surface area (Å²) in [5, 5.41) is 20.0. The number of ether oxygens (including phenoxy) is 1. The number of hydrogen-bond acceptors (Lipinski definition) is 5. The monoisotopic (exact) mass is 235 g/mol. The van der Waals surface area contributed by atoms with Gasteiger partial charge >= 0.3 is 0 Å². The Labute approximate surface area is 97.2 Å². The summed E-state index contributed by atoms with van der Waals surface area (Å²) in [6, 6.07) is 5.04. The highest BCUT2D eigenvalue weighted by Crippen LogP contribution is 2.25. The molecule has 0 saturated heterocycles. The predicted octanol–water partition coefficient (Wildman–Crippen LogP) is 0.0963. The van der Waals surface area contributed by atoms with E-state index < -0.39 is 12.6 Å². The number of carboxylic acid groups (broad SMARTS) is 1. The molecule has 0 atom stereocenters. The van der Waals surface area contributed by atoms with Crippen LogP contribution in [0.15, 0.2) is 28.9 Å². The number of fused-ring (bicyclic) bond motifs is 1. The van der Waals surface area contributed by atoms with Crippen LogP contribution in [-0.2, 0) is 11.2 Å². The molecular weight excluding hydrogens is 224 g/mol. The highest BCUT2D eigenvalue weighted by Gasteiger charge is 2.06. The molecule has 0 spiro atoms. The molecule has 0 amide bonds. The van der Waals surface area contributed by atoms with Crippen molar-refractivity contribution in [1.29, 1.82) is 0 Å². The predicted molar refractivity (Wildman–Crippen MR) is 57.5 cm³/mol. The number of carbonyl (C=O) groups is 1. The van der Waals surface area contributed by atoms with Crippen molar-refractivity contribution in [2.24, 2.45) is 0 Å². The Balaban J connectivity index is 2.23. The molecule has 0 saturated carbocycles. The molecule has 0 bridgehead atoms. The van der Waals surface area contributed by atoms with Gasteiger partial charge in [-0.25, -0.2) is 0 Å². The standard InChI is InChI=1S/C12H12O5/c13-4-3-8-6-17-11-5-9(1-2-10(8)11)16-7-12(14)15/h1-2,5-6,13H,3-4,7H2,(H,14,15)/p-1. The average molecular weight is 235 g/mol. The van der Waals surface area contributed by atoms with Crippen LogP contribution in [0.4, 0.5) is 0 Å². The summed E-state index contributed by atoms with van der Waals surface area (Å²) in [5.74, 6) is -0.864. The lowest BCUT2D eigenvalue weighted by atomic mass is 10.1. The van der Waals surface area contributed by atoms with Gasteiger partial charge in [-0.1, -0.05) is 0 Å². The summed E-state index contributed by atoms with van der Waals surface area (Å²) in [5.41, 5.74) is 1.51. The summed E-state index contributed by atoms with van der Waals surface area (Å²) >= 11 is 0. The molecule has 2 rings (SSSR count). The number of carbonyl (C=O) groups excluding carboxylic acids is 1. The van der Waals surface area contributed by atoms with E-state index in [1.54, 1.807) is 24.5 Å². The summed E-state index contributed by atoms with van der Waals surface area (Å²) in [4.78, 5) is 10.2. The van der Waals surface area contributed by atoms with E-state index in [2.05, 4.69) is 0 Å². The van der Waals surface area contributed by atoms with E-state index in [1.807, 2.05) is 0 Å². The lowest BCUT2D eigenvalue weighted by Crippen LogP contribution is -2.28. The Hall–Kier alpha value is -2.01. The van der Waals surface area contributed by atoms with Gasteiger partial charge in [0.05, 0.1) is 12.2 Å². The molecule has 1 aromatic carbocycles. The Morgan fingerprint density at radius 2 is 2.29 bits per heavy atom. The topological polar surface area (TPSA) is 82.7 Å². The molecule has 0 radical (unpaired) electrons. The van der Waals surface area contributed by atoms with Crippen molar-refractivity contribution in [2.75, 3.05) is 13.2 Å². The van der Waals surface area contributed by atoms with Crippen LogP contribution < -0.4 is 9.84 Å². The zero-order chi connectivity index (χ0) is 12.3. The summed E-state index contributed by atoms with van der Waals surface area (Å²) in [6.45, 7) is -0.437. The molecule has 0 aliphatic heterocycles. The largest absolute Gasteiger partial charge is 0.546 e. The second kappa shape index (κ2) is 4.88. The molecule has 0 unspecified atom stereocenters. The van der Waals surface area contributed by atoms with E-state index >= 15 is 0 Å². The van der Waals surface area contributed by atoms with E-state index in [-0.39, 0.29) is 6.61 Å². The number of furan rings is 1. The quantitative estimate of drug-likeness (QED) is 0.794. The van der Waals surface area contributed by atoms with Crippen LogP contribution in [0, 0.1) is 0 Å². The zero-order valence-electron chi connectivity index (χ0n) is 9.01. The molecule has 5 heteroatoms. The Morgan fingerprint density at radius 3 is 3.00 bits per heavy atom. The molecule has 0 aliphatic rings. The third-order valence-corrected chi connectivity index (χ3v) is 2.37. The Kier molecular flexibility index (Phi) is 3.30. The van der Waals surface area contributed by atoms with Gasteiger partial charge in [-0.15, -0.1) is 0 Å². The minimum atomic E-state index is -1.27. The molecule has 1 aromatic heterocycles. The van der Waals surface area contributed by atoms with Gasteiger partial charge in [0, 0.05) is 23.6 Å². The van der Waals surface area contributed by atoms with Gasteiger partial charge < -0.3 is 24.2 Å². The molecule has 5 nitrogen and oxygen atoms in total. The molecule has 1 N–H and O–H groups in total. The van der Waals surface area contributed by atoms with Crippen LogP contribution in [-0.4, -0.2) is 24.3 Å². The maximum absolute atomic E-state index is 10.2. The fraction of sp³-hybridized carbons (Fsp3) is 0.250. The van der Waals surface area contributed by atoms with Gasteiger partial charge in [0.25, 0.3) is 0 Å². The fourth-order valence-electron chi connectivity index (χ4n) is 1.61. The molecule has 2 aromatic rings. The number of aliphatic hydroxyl groups excluding tert-OH is 1. The number of aliphatic carboxylic acids is 1. The first-order valence-corrected chi connectivity index (χ1v) is 5.14. The molecule has 90 valence electrons. The van der Waals surface area contributed by atoms with Gasteiger partial charge in [0.1, 0.15) is 17.9 Å². The first-order valence-electron chi connectivity index (χ1n) is 5.14. The number of carboxylic acids is 1. The second-order valence-corrected chi connectivity index (χ2v) is 3.55. The third-order valence-electron chi connectivity index (χ3n) is 2.37. The number of hydrogen-bond donors (Lipinski definition) is 1. The van der Waals surface area contributed by atoms with Crippen LogP contribution in [0.1, 0.15) is 5.56 Å². The zero-order valence-corrected chi connectivity index (χ0v) is 9.01. The Morgan fingerprint density at radius 1 is 1.47 bits per heavy atom. The van der Waals surface area contributed by atoms with Crippen LogP contribution in [0.3, 0.4) is 0 Å². The number of benzene rings is 1. The van der Waals surface area contributed by atoms with E-state index in [4.69, 9.17) is 14.3 Å². The fourth-order valence-corrected chi connectivity index (χ4v) is 1.61. The van der Waals surface area contributed by atoms with E-state index in [0.717, 1.165) is 10.9 Å². The second-order valence-electron chi connectivity index (χ2n) is 3.55. The first kappa shape index (κ1) is 11.5. The summed E-state index contributed by atoms with van der Waals surface area (Å²) in [7, 11) is 0. The Bertz CT molecular complexity index is 529. The normalized spacial score (nSPS) is 10.6. The van der Waals surface area contributed by atoms with Crippen molar-refractivity contribution in [3.63, 3.8) is 0 Å². The van der Waals surface area contributed by atoms with Crippen molar-refractivity contribution >= 4 is 16.9 Å². The molecule has 0 fully saturated rings. The average Bonchev–Trinajstić information content (AvgIpc) is 2.70. The van der Waals surface area contributed by atoms with Crippen LogP contribution in [0.25, 0.3) is 11.0 Å². The highest BCUT2D eigenvalue weighted by molar-refractivity contribution is 5.82. The van der Waals surface area contributed by atoms with Crippen LogP contribution >= 0.6 is 0 Å². The van der Waals surface area contributed by atoms with Crippen LogP contribution in [0.2, 0.25) is 0 Å². The third kappa shape index (κ3) is 2.57. The van der Waals surface area contributed by atoms with Crippen molar-refractivity contribution in [1.82, 2.24) is 0 Å². The van der Waals surface area contributed by atoms with Gasteiger partial charge in [-0.05, 0) is 18.6 Å². The molecule has 17 heavy (non-hydrogen) atoms. The maximum atomic E-state index is 10.2. The van der Waals surface area contributed by atoms with Crippen LogP contribution in [0.5, 0.6) is 5.75 Å². The summed E-state index contributed by atoms with van der Waals surface area (Å²) in [6.07, 6.45) is 2.09.